The van der Waals surface area contributed by atoms with E-state index in [1.807, 2.05) is 0 Å². The molecule has 0 unspecified atom stereocenters. The molecule has 0 aliphatic carbocycles. The number of amides is 3. The monoisotopic (exact) mass is 599 g/mol. The molecule has 0 spiro atoms. The van der Waals surface area contributed by atoms with E-state index in [2.05, 4.69) is 36.1 Å². The first-order valence-corrected chi connectivity index (χ1v) is 13.9. The topological polar surface area (TPSA) is 225 Å². The molecule has 2 aromatic heterocycles. The van der Waals surface area contributed by atoms with Crippen molar-refractivity contribution in [2.24, 2.45) is 7.05 Å². The summed E-state index contributed by atoms with van der Waals surface area (Å²) < 4.78 is 1.46. The van der Waals surface area contributed by atoms with Gasteiger partial charge in [-0.1, -0.05) is 30.0 Å². The van der Waals surface area contributed by atoms with Crippen LogP contribution < -0.4 is 10.6 Å². The van der Waals surface area contributed by atoms with Crippen LogP contribution in [-0.4, -0.2) is 97.9 Å². The molecule has 0 bridgehead atoms. The highest BCUT2D eigenvalue weighted by Crippen LogP contribution is 2.41. The molecule has 2 aliphatic rings. The first-order chi connectivity index (χ1) is 19.7. The van der Waals surface area contributed by atoms with E-state index in [1.165, 1.54) is 33.1 Å². The number of nitrogens with one attached hydrogen (secondary N) is 3. The normalized spacial score (nSPS) is 18.0. The van der Waals surface area contributed by atoms with Crippen molar-refractivity contribution in [1.29, 1.82) is 0 Å². The Balaban J connectivity index is 1.24. The van der Waals surface area contributed by atoms with Crippen LogP contribution in [0.3, 0.4) is 0 Å². The average molecular weight is 600 g/mol. The number of carbonyl (C=O) groups is 5. The molecule has 1 fully saturated rings. The lowest BCUT2D eigenvalue weighted by atomic mass is 10.0. The molecule has 212 valence electrons. The van der Waals surface area contributed by atoms with Crippen molar-refractivity contribution in [3.8, 4) is 0 Å². The smallest absolute Gasteiger partial charge is 0.354 e. The van der Waals surface area contributed by atoms with E-state index in [4.69, 9.17) is 0 Å². The van der Waals surface area contributed by atoms with Gasteiger partial charge in [0.05, 0.1) is 12.7 Å². The lowest BCUT2D eigenvalue weighted by Gasteiger charge is -2.49. The zero-order valence-corrected chi connectivity index (χ0v) is 22.7. The van der Waals surface area contributed by atoms with Gasteiger partial charge in [0.1, 0.15) is 17.1 Å². The SMILES string of the molecule is Cn1nnnc1SCC1=C(C(=O)O)N2C(=O)[C@@H](NC(=O)Cc3ccccc3NC(=O)c3nc[nH]c3C(=O)O)[C@H]2SC1. The summed E-state index contributed by atoms with van der Waals surface area (Å²) in [4.78, 5) is 69.3. The van der Waals surface area contributed by atoms with E-state index in [-0.39, 0.29) is 34.9 Å². The van der Waals surface area contributed by atoms with Crippen molar-refractivity contribution < 1.29 is 34.2 Å². The Morgan fingerprint density at radius 1 is 1.20 bits per heavy atom. The maximum atomic E-state index is 13.0. The number of aliphatic carboxylic acids is 1. The molecule has 5 N–H and O–H groups in total. The summed E-state index contributed by atoms with van der Waals surface area (Å²) in [5.41, 5.74) is 0.403. The standard InChI is InChI=1S/C23H21N9O7S2/c1-31-23(28-29-30-31)41-8-11-7-40-20-16(19(35)32(20)17(11)22(38)39)27-13(33)6-10-4-2-3-5-12(10)26-18(34)14-15(21(36)37)25-9-24-14/h2-5,9,16,20H,6-8H2,1H3,(H,24,25)(H,26,34)(H,27,33)(H,36,37)(H,38,39)/t16-,20-/m1/s1. The number of H-pyrrole nitrogens is 1. The van der Waals surface area contributed by atoms with Crippen LogP contribution in [0.25, 0.3) is 0 Å². The molecular weight excluding hydrogens is 578 g/mol. The molecule has 3 amide bonds. The number of aromatic carboxylic acids is 1. The second-order valence-corrected chi connectivity index (χ2v) is 10.9. The lowest BCUT2D eigenvalue weighted by molar-refractivity contribution is -0.150. The minimum atomic E-state index is -1.35. The minimum Gasteiger partial charge on any atom is -0.477 e. The first-order valence-electron chi connectivity index (χ1n) is 11.9. The van der Waals surface area contributed by atoms with Crippen molar-refractivity contribution >= 4 is 58.9 Å². The number of hydrogen-bond acceptors (Lipinski definition) is 11. The number of aromatic nitrogens is 6. The molecule has 0 saturated carbocycles. The van der Waals surface area contributed by atoms with E-state index < -0.39 is 41.1 Å². The summed E-state index contributed by atoms with van der Waals surface area (Å²) in [5, 5.41) is 35.4. The molecule has 18 heteroatoms. The van der Waals surface area contributed by atoms with E-state index >= 15 is 0 Å². The van der Waals surface area contributed by atoms with Gasteiger partial charge in [0.2, 0.25) is 11.1 Å². The number of aromatic amines is 1. The number of hydrogen-bond donors (Lipinski definition) is 5. The Hall–Kier alpha value is -4.71. The summed E-state index contributed by atoms with van der Waals surface area (Å²) in [6, 6.07) is 5.50. The number of fused-ring (bicyclic) bond motifs is 1. The predicted octanol–water partition coefficient (Wildman–Crippen LogP) is -0.0429. The minimum absolute atomic E-state index is 0.112. The van der Waals surface area contributed by atoms with Crippen molar-refractivity contribution in [1.82, 2.24) is 40.4 Å². The van der Waals surface area contributed by atoms with Crippen LogP contribution in [0.15, 0.2) is 47.0 Å². The van der Waals surface area contributed by atoms with Gasteiger partial charge < -0.3 is 25.8 Å². The van der Waals surface area contributed by atoms with E-state index in [1.54, 1.807) is 31.3 Å². The van der Waals surface area contributed by atoms with Crippen LogP contribution in [0.2, 0.25) is 0 Å². The maximum absolute atomic E-state index is 13.0. The van der Waals surface area contributed by atoms with Crippen LogP contribution in [0, 0.1) is 0 Å². The number of carboxylic acids is 2. The van der Waals surface area contributed by atoms with Gasteiger partial charge in [0.15, 0.2) is 11.4 Å². The summed E-state index contributed by atoms with van der Waals surface area (Å²) in [6.45, 7) is 0. The number of thioether (sulfide) groups is 2. The quantitative estimate of drug-likeness (QED) is 0.152. The summed E-state index contributed by atoms with van der Waals surface area (Å²) >= 11 is 2.59. The number of tetrazole rings is 1. The van der Waals surface area contributed by atoms with Gasteiger partial charge in [0, 0.05) is 24.2 Å². The zero-order valence-electron chi connectivity index (χ0n) is 21.1. The lowest BCUT2D eigenvalue weighted by Crippen LogP contribution is -2.70. The second kappa shape index (κ2) is 11.4. The van der Waals surface area contributed by atoms with Gasteiger partial charge in [-0.25, -0.2) is 19.3 Å². The fourth-order valence-electron chi connectivity index (χ4n) is 4.29. The summed E-state index contributed by atoms with van der Waals surface area (Å²) in [5.74, 6) is -3.84. The third kappa shape index (κ3) is 5.50. The number of carboxylic acid groups (broad SMARTS) is 2. The highest BCUT2D eigenvalue weighted by molar-refractivity contribution is 8.01. The molecule has 5 rings (SSSR count). The Morgan fingerprint density at radius 3 is 2.68 bits per heavy atom. The van der Waals surface area contributed by atoms with E-state index in [0.717, 1.165) is 6.33 Å². The highest BCUT2D eigenvalue weighted by atomic mass is 32.2. The van der Waals surface area contributed by atoms with Gasteiger partial charge in [-0.2, -0.15) is 0 Å². The molecule has 2 atom stereocenters. The van der Waals surface area contributed by atoms with Crippen LogP contribution in [0.5, 0.6) is 0 Å². The van der Waals surface area contributed by atoms with Gasteiger partial charge in [-0.15, -0.1) is 16.9 Å². The third-order valence-electron chi connectivity index (χ3n) is 6.21. The fourth-order valence-corrected chi connectivity index (χ4v) is 6.63. The molecule has 4 heterocycles. The van der Waals surface area contributed by atoms with Crippen LogP contribution in [0.1, 0.15) is 26.5 Å². The molecule has 41 heavy (non-hydrogen) atoms. The number of nitrogens with zero attached hydrogens (tertiary/aromatic N) is 6. The number of aryl methyl sites for hydroxylation is 1. The van der Waals surface area contributed by atoms with Gasteiger partial charge >= 0.3 is 11.9 Å². The molecule has 1 saturated heterocycles. The molecule has 3 aromatic rings. The van der Waals surface area contributed by atoms with Crippen LogP contribution in [0.4, 0.5) is 5.69 Å². The van der Waals surface area contributed by atoms with Gasteiger partial charge in [0.25, 0.3) is 11.8 Å². The Kier molecular flexibility index (Phi) is 7.75. The predicted molar refractivity (Wildman–Crippen MR) is 143 cm³/mol. The number of rotatable bonds is 10. The van der Waals surface area contributed by atoms with Crippen LogP contribution >= 0.6 is 23.5 Å². The Labute approximate surface area is 239 Å². The van der Waals surface area contributed by atoms with Crippen molar-refractivity contribution in [2.75, 3.05) is 16.8 Å². The zero-order chi connectivity index (χ0) is 29.3. The number of β-lactam (4-membered cyclic amide) rings is 1. The summed E-state index contributed by atoms with van der Waals surface area (Å²) in [7, 11) is 1.66. The number of anilines is 1. The largest absolute Gasteiger partial charge is 0.477 e. The van der Waals surface area contributed by atoms with Crippen molar-refractivity contribution in [3.63, 3.8) is 0 Å². The van der Waals surface area contributed by atoms with Gasteiger partial charge in [-0.05, 0) is 27.6 Å². The van der Waals surface area contributed by atoms with Crippen LogP contribution in [-0.2, 0) is 27.9 Å². The van der Waals surface area contributed by atoms with Crippen molar-refractivity contribution in [3.05, 3.63) is 58.8 Å². The number of imidazole rings is 1. The Morgan fingerprint density at radius 2 is 1.98 bits per heavy atom. The highest BCUT2D eigenvalue weighted by Gasteiger charge is 2.54. The molecule has 1 aromatic carbocycles. The second-order valence-electron chi connectivity index (χ2n) is 8.81. The van der Waals surface area contributed by atoms with Gasteiger partial charge in [-0.3, -0.25) is 19.3 Å². The average Bonchev–Trinajstić information content (AvgIpc) is 3.60. The maximum Gasteiger partial charge on any atom is 0.354 e. The molecule has 2 aliphatic heterocycles. The first kappa shape index (κ1) is 27.8. The molecule has 0 radical (unpaired) electrons. The Bertz CT molecular complexity index is 1600. The number of carbonyl (C=O) groups excluding carboxylic acids is 3. The third-order valence-corrected chi connectivity index (χ3v) is 8.64. The molecule has 16 nitrogen and oxygen atoms in total. The van der Waals surface area contributed by atoms with Crippen molar-refractivity contribution in [2.45, 2.75) is 23.0 Å². The molecular formula is C23H21N9O7S2. The number of benzene rings is 1. The fraction of sp³-hybridized carbons (Fsp3) is 0.261. The van der Waals surface area contributed by atoms with E-state index in [9.17, 15) is 34.2 Å². The number of para-hydroxylation sites is 1. The summed E-state index contributed by atoms with van der Waals surface area (Å²) in [6.07, 6.45) is 0.876. The van der Waals surface area contributed by atoms with E-state index in [0.29, 0.717) is 22.0 Å².